The molecular weight excluding hydrogens is 422 g/mol. The average Bonchev–Trinajstić information content (AvgIpc) is 3.20. The van der Waals surface area contributed by atoms with Crippen LogP contribution in [0.3, 0.4) is 0 Å². The number of anilines is 1. The summed E-state index contributed by atoms with van der Waals surface area (Å²) >= 11 is 0. The van der Waals surface area contributed by atoms with E-state index < -0.39 is 0 Å². The fourth-order valence-electron chi connectivity index (χ4n) is 4.91. The number of hydrogen-bond acceptors (Lipinski definition) is 5. The van der Waals surface area contributed by atoms with Crippen molar-refractivity contribution in [1.29, 1.82) is 0 Å². The molecule has 6 nitrogen and oxygen atoms in total. The zero-order valence-electron chi connectivity index (χ0n) is 20.1. The molecule has 2 N–H and O–H groups in total. The quantitative estimate of drug-likeness (QED) is 0.374. The number of benzene rings is 2. The first kappa shape index (κ1) is 22.6. The van der Waals surface area contributed by atoms with Gasteiger partial charge in [-0.15, -0.1) is 0 Å². The largest absolute Gasteiger partial charge is 0.396 e. The lowest BCUT2D eigenvalue weighted by atomic mass is 10.0. The van der Waals surface area contributed by atoms with E-state index in [2.05, 4.69) is 77.2 Å². The maximum atomic E-state index is 9.17. The van der Waals surface area contributed by atoms with Crippen LogP contribution in [0, 0.1) is 13.8 Å². The van der Waals surface area contributed by atoms with E-state index in [1.165, 1.54) is 22.1 Å². The molecule has 0 unspecified atom stereocenters. The summed E-state index contributed by atoms with van der Waals surface area (Å²) < 4.78 is 2.18. The van der Waals surface area contributed by atoms with Gasteiger partial charge in [0.05, 0.1) is 11.2 Å². The van der Waals surface area contributed by atoms with E-state index >= 15 is 0 Å². The molecule has 2 aromatic heterocycles. The van der Waals surface area contributed by atoms with Crippen molar-refractivity contribution in [2.24, 2.45) is 0 Å². The molecule has 0 atom stereocenters. The van der Waals surface area contributed by atoms with E-state index in [1.54, 1.807) is 0 Å². The maximum absolute atomic E-state index is 9.17. The van der Waals surface area contributed by atoms with Crippen LogP contribution in [0.5, 0.6) is 0 Å². The fraction of sp³-hybridized carbons (Fsp3) is 0.357. The molecular formula is C28H33N5O. The Morgan fingerprint density at radius 3 is 2.68 bits per heavy atom. The second-order valence-corrected chi connectivity index (χ2v) is 9.22. The summed E-state index contributed by atoms with van der Waals surface area (Å²) in [6, 6.07) is 19.1. The number of nitrogens with zero attached hydrogens (tertiary/aromatic N) is 4. The summed E-state index contributed by atoms with van der Waals surface area (Å²) in [7, 11) is 0. The minimum Gasteiger partial charge on any atom is -0.396 e. The summed E-state index contributed by atoms with van der Waals surface area (Å²) in [4.78, 5) is 12.6. The third-order valence-electron chi connectivity index (χ3n) is 6.77. The fourth-order valence-corrected chi connectivity index (χ4v) is 4.91. The van der Waals surface area contributed by atoms with Gasteiger partial charge in [-0.2, -0.15) is 4.98 Å². The summed E-state index contributed by atoms with van der Waals surface area (Å²) in [5.74, 6) is 1.66. The van der Waals surface area contributed by atoms with Gasteiger partial charge in [-0.1, -0.05) is 42.5 Å². The molecule has 1 aliphatic heterocycles. The van der Waals surface area contributed by atoms with E-state index in [9.17, 15) is 0 Å². The molecule has 5 rings (SSSR count). The first-order valence-corrected chi connectivity index (χ1v) is 12.2. The van der Waals surface area contributed by atoms with Crippen molar-refractivity contribution in [1.82, 2.24) is 19.4 Å². The van der Waals surface area contributed by atoms with Crippen LogP contribution in [-0.4, -0.2) is 44.2 Å². The maximum Gasteiger partial charge on any atom is 0.236 e. The van der Waals surface area contributed by atoms with Gasteiger partial charge in [-0.05, 0) is 62.9 Å². The van der Waals surface area contributed by atoms with Gasteiger partial charge in [0.1, 0.15) is 5.82 Å². The topological polar surface area (TPSA) is 66.2 Å². The van der Waals surface area contributed by atoms with Gasteiger partial charge in [0, 0.05) is 42.9 Å². The van der Waals surface area contributed by atoms with E-state index in [4.69, 9.17) is 15.1 Å². The number of nitrogens with one attached hydrogen (secondary N) is 1. The number of aliphatic hydroxyl groups excluding tert-OH is 1. The zero-order valence-corrected chi connectivity index (χ0v) is 20.1. The van der Waals surface area contributed by atoms with Crippen molar-refractivity contribution < 1.29 is 5.11 Å². The Bertz CT molecular complexity index is 1280. The lowest BCUT2D eigenvalue weighted by Crippen LogP contribution is -2.33. The van der Waals surface area contributed by atoms with Crippen LogP contribution in [0.4, 0.5) is 5.82 Å². The Kier molecular flexibility index (Phi) is 6.61. The predicted octanol–water partition coefficient (Wildman–Crippen LogP) is 4.78. The summed E-state index contributed by atoms with van der Waals surface area (Å²) in [6.07, 6.45) is 2.77. The van der Waals surface area contributed by atoms with Crippen LogP contribution in [-0.2, 0) is 19.5 Å². The van der Waals surface area contributed by atoms with Crippen LogP contribution in [0.25, 0.3) is 16.9 Å². The van der Waals surface area contributed by atoms with E-state index in [0.29, 0.717) is 0 Å². The van der Waals surface area contributed by atoms with Crippen LogP contribution in [0.1, 0.15) is 40.9 Å². The highest BCUT2D eigenvalue weighted by Crippen LogP contribution is 2.29. The molecule has 1 aliphatic rings. The minimum atomic E-state index is 0.254. The van der Waals surface area contributed by atoms with Gasteiger partial charge in [-0.25, -0.2) is 4.98 Å². The molecule has 6 heteroatoms. The van der Waals surface area contributed by atoms with Gasteiger partial charge >= 0.3 is 0 Å². The minimum absolute atomic E-state index is 0.254. The number of unbranched alkanes of at least 4 members (excludes halogenated alkanes) is 1. The van der Waals surface area contributed by atoms with E-state index in [-0.39, 0.29) is 6.61 Å². The second kappa shape index (κ2) is 9.95. The third-order valence-corrected chi connectivity index (χ3v) is 6.77. The number of rotatable bonds is 8. The average molecular weight is 456 g/mol. The molecule has 0 saturated heterocycles. The van der Waals surface area contributed by atoms with Gasteiger partial charge in [0.2, 0.25) is 5.95 Å². The Morgan fingerprint density at radius 2 is 1.85 bits per heavy atom. The lowest BCUT2D eigenvalue weighted by molar-refractivity contribution is 0.226. The second-order valence-electron chi connectivity index (χ2n) is 9.22. The Labute approximate surface area is 201 Å². The molecule has 3 heterocycles. The molecule has 34 heavy (non-hydrogen) atoms. The van der Waals surface area contributed by atoms with Crippen LogP contribution >= 0.6 is 0 Å². The summed E-state index contributed by atoms with van der Waals surface area (Å²) in [6.45, 7) is 8.05. The molecule has 176 valence electrons. The van der Waals surface area contributed by atoms with Gasteiger partial charge < -0.3 is 10.4 Å². The molecule has 0 saturated carbocycles. The number of aliphatic hydroxyl groups is 1. The Balaban J connectivity index is 1.54. The highest BCUT2D eigenvalue weighted by atomic mass is 16.2. The molecule has 4 aromatic rings. The van der Waals surface area contributed by atoms with Crippen molar-refractivity contribution in [3.8, 4) is 5.95 Å². The SMILES string of the molecule is Cc1cccc2c1cc(C)n2-c1nc2c(c(NCc3ccccc3)n1)CCN(CCCCO)C2. The molecule has 0 aliphatic carbocycles. The van der Waals surface area contributed by atoms with Crippen LogP contribution in [0.15, 0.2) is 54.6 Å². The number of aryl methyl sites for hydroxylation is 2. The van der Waals surface area contributed by atoms with Crippen molar-refractivity contribution >= 4 is 16.7 Å². The number of fused-ring (bicyclic) bond motifs is 2. The zero-order chi connectivity index (χ0) is 23.5. The van der Waals surface area contributed by atoms with Gasteiger partial charge in [0.15, 0.2) is 0 Å². The van der Waals surface area contributed by atoms with Crippen molar-refractivity contribution in [2.45, 2.75) is 46.2 Å². The normalized spacial score (nSPS) is 13.9. The van der Waals surface area contributed by atoms with Crippen LogP contribution < -0.4 is 5.32 Å². The first-order chi connectivity index (χ1) is 16.6. The van der Waals surface area contributed by atoms with E-state index in [0.717, 1.165) is 74.1 Å². The molecule has 0 radical (unpaired) electrons. The highest BCUT2D eigenvalue weighted by Gasteiger charge is 2.23. The molecule has 0 bridgehead atoms. The standard InChI is InChI=1S/C28H33N5O/c1-20-9-8-12-26-24(20)17-21(2)33(26)28-30-25-19-32(14-6-7-16-34)15-13-23(25)27(31-28)29-18-22-10-4-3-5-11-22/h3-5,8-12,17,34H,6-7,13-16,18-19H2,1-2H3,(H,29,30,31). The molecule has 0 fully saturated rings. The monoisotopic (exact) mass is 455 g/mol. The molecule has 2 aromatic carbocycles. The first-order valence-electron chi connectivity index (χ1n) is 12.2. The summed E-state index contributed by atoms with van der Waals surface area (Å²) in [5.41, 5.74) is 7.09. The van der Waals surface area contributed by atoms with Gasteiger partial charge in [-0.3, -0.25) is 9.47 Å². The number of aromatic nitrogens is 3. The van der Waals surface area contributed by atoms with Crippen molar-refractivity contribution in [2.75, 3.05) is 25.0 Å². The van der Waals surface area contributed by atoms with Crippen LogP contribution in [0.2, 0.25) is 0 Å². The van der Waals surface area contributed by atoms with Crippen molar-refractivity contribution in [3.63, 3.8) is 0 Å². The lowest BCUT2D eigenvalue weighted by Gasteiger charge is -2.29. The third kappa shape index (κ3) is 4.56. The van der Waals surface area contributed by atoms with Gasteiger partial charge in [0.25, 0.3) is 0 Å². The molecule has 0 spiro atoms. The predicted molar refractivity (Wildman–Crippen MR) is 137 cm³/mol. The number of hydrogen-bond donors (Lipinski definition) is 2. The Hall–Kier alpha value is -3.22. The van der Waals surface area contributed by atoms with Crippen molar-refractivity contribution in [3.05, 3.63) is 82.7 Å². The highest BCUT2D eigenvalue weighted by molar-refractivity contribution is 5.85. The Morgan fingerprint density at radius 1 is 1.00 bits per heavy atom. The van der Waals surface area contributed by atoms with E-state index in [1.807, 2.05) is 6.07 Å². The molecule has 0 amide bonds. The summed E-state index contributed by atoms with van der Waals surface area (Å²) in [5, 5.41) is 14.0. The smallest absolute Gasteiger partial charge is 0.236 e.